The van der Waals surface area contributed by atoms with Gasteiger partial charge in [0, 0.05) is 34.1 Å². The fraction of sp³-hybridized carbons (Fsp3) is 0.556. The smallest absolute Gasteiger partial charge is 0.350 e. The van der Waals surface area contributed by atoms with Crippen LogP contribution in [-0.2, 0) is 19.1 Å². The molecule has 1 N–H and O–H groups in total. The monoisotopic (exact) mass is 214 g/mol. The maximum absolute atomic E-state index is 11.4. The van der Waals surface area contributed by atoms with Crippen LogP contribution < -0.4 is 5.43 Å². The van der Waals surface area contributed by atoms with Crippen LogP contribution in [0, 0.1) is 0 Å². The molecule has 0 saturated carbocycles. The van der Waals surface area contributed by atoms with E-state index in [-0.39, 0.29) is 5.57 Å². The summed E-state index contributed by atoms with van der Waals surface area (Å²) in [5, 5.41) is 1.58. The molecule has 1 rings (SSSR count). The number of hydrogen-bond donors (Lipinski definition) is 1. The second-order valence-corrected chi connectivity index (χ2v) is 3.76. The van der Waals surface area contributed by atoms with Crippen molar-refractivity contribution in [3.05, 3.63) is 11.8 Å². The topological polar surface area (TPSA) is 67.9 Å². The van der Waals surface area contributed by atoms with E-state index in [1.807, 2.05) is 0 Å². The molecular weight excluding hydrogens is 200 g/mol. The first kappa shape index (κ1) is 11.5. The first-order chi connectivity index (χ1) is 6.82. The van der Waals surface area contributed by atoms with Gasteiger partial charge in [0.2, 0.25) is 0 Å². The summed E-state index contributed by atoms with van der Waals surface area (Å²) in [5.41, 5.74) is 2.52. The van der Waals surface area contributed by atoms with Crippen molar-refractivity contribution in [1.29, 1.82) is 0 Å². The molecule has 1 saturated heterocycles. The lowest BCUT2D eigenvalue weighted by Gasteiger charge is -2.29. The molecule has 1 heterocycles. The molecule has 1 fully saturated rings. The molecule has 0 aromatic heterocycles. The first-order valence-corrected chi connectivity index (χ1v) is 4.42. The molecule has 1 aliphatic heterocycles. The van der Waals surface area contributed by atoms with Crippen LogP contribution in [-0.4, -0.2) is 36.8 Å². The minimum atomic E-state index is -1.19. The predicted molar refractivity (Wildman–Crippen MR) is 51.2 cm³/mol. The summed E-state index contributed by atoms with van der Waals surface area (Å²) in [5.74, 6) is -2.57. The molecule has 0 aromatic carbocycles. The number of nitrogens with zero attached hydrogens (tertiary/aromatic N) is 1. The lowest BCUT2D eigenvalue weighted by atomic mass is 10.2. The van der Waals surface area contributed by atoms with E-state index in [4.69, 9.17) is 9.47 Å². The Labute approximate surface area is 87.8 Å². The fourth-order valence-electron chi connectivity index (χ4n) is 0.972. The lowest BCUT2D eigenvalue weighted by molar-refractivity contribution is -0.222. The zero-order chi connectivity index (χ0) is 11.6. The number of cyclic esters (lactones) is 2. The van der Waals surface area contributed by atoms with Gasteiger partial charge in [-0.25, -0.2) is 14.6 Å². The molecule has 0 bridgehead atoms. The minimum Gasteiger partial charge on any atom is -0.419 e. The van der Waals surface area contributed by atoms with Crippen LogP contribution >= 0.6 is 0 Å². The molecule has 0 amide bonds. The Morgan fingerprint density at radius 3 is 2.07 bits per heavy atom. The molecular formula is C9H14N2O4. The van der Waals surface area contributed by atoms with Crippen LogP contribution in [0.4, 0.5) is 0 Å². The summed E-state index contributed by atoms with van der Waals surface area (Å²) in [6.07, 6.45) is 1.25. The Balaban J connectivity index is 2.80. The normalized spacial score (nSPS) is 19.7. The van der Waals surface area contributed by atoms with Crippen molar-refractivity contribution in [2.45, 2.75) is 19.6 Å². The molecule has 0 spiro atoms. The highest BCUT2D eigenvalue weighted by molar-refractivity contribution is 6.15. The first-order valence-electron chi connectivity index (χ1n) is 4.42. The molecule has 6 heteroatoms. The summed E-state index contributed by atoms with van der Waals surface area (Å²) in [7, 11) is 3.45. The lowest BCUT2D eigenvalue weighted by Crippen LogP contribution is -2.42. The molecule has 6 nitrogen and oxygen atoms in total. The predicted octanol–water partition coefficient (Wildman–Crippen LogP) is -0.227. The summed E-state index contributed by atoms with van der Waals surface area (Å²) >= 11 is 0. The van der Waals surface area contributed by atoms with Crippen LogP contribution in [0.15, 0.2) is 11.8 Å². The molecule has 0 radical (unpaired) electrons. The van der Waals surface area contributed by atoms with Gasteiger partial charge in [-0.3, -0.25) is 0 Å². The Kier molecular flexibility index (Phi) is 2.99. The summed E-state index contributed by atoms with van der Waals surface area (Å²) in [4.78, 5) is 22.8. The zero-order valence-electron chi connectivity index (χ0n) is 9.16. The maximum Gasteiger partial charge on any atom is 0.350 e. The van der Waals surface area contributed by atoms with Gasteiger partial charge in [0.15, 0.2) is 5.57 Å². The van der Waals surface area contributed by atoms with Crippen molar-refractivity contribution in [3.63, 3.8) is 0 Å². The van der Waals surface area contributed by atoms with Gasteiger partial charge in [-0.1, -0.05) is 0 Å². The molecule has 15 heavy (non-hydrogen) atoms. The Hall–Kier alpha value is -1.56. The molecule has 0 unspecified atom stereocenters. The number of esters is 2. The minimum absolute atomic E-state index is 0.150. The third-order valence-corrected chi connectivity index (χ3v) is 1.58. The van der Waals surface area contributed by atoms with Gasteiger partial charge in [-0.05, 0) is 0 Å². The molecule has 84 valence electrons. The molecule has 1 aliphatic rings. The fourth-order valence-corrected chi connectivity index (χ4v) is 0.972. The second kappa shape index (κ2) is 3.90. The Morgan fingerprint density at radius 2 is 1.67 bits per heavy atom. The largest absolute Gasteiger partial charge is 0.419 e. The number of ether oxygens (including phenoxy) is 2. The Morgan fingerprint density at radius 1 is 1.20 bits per heavy atom. The van der Waals surface area contributed by atoms with Crippen molar-refractivity contribution >= 4 is 11.9 Å². The zero-order valence-corrected chi connectivity index (χ0v) is 9.16. The Bertz CT molecular complexity index is 298. The molecule has 0 aliphatic carbocycles. The highest BCUT2D eigenvalue weighted by Gasteiger charge is 2.38. The number of nitrogens with one attached hydrogen (secondary N) is 1. The van der Waals surface area contributed by atoms with Crippen LogP contribution in [0.3, 0.4) is 0 Å². The van der Waals surface area contributed by atoms with Crippen molar-refractivity contribution in [1.82, 2.24) is 10.4 Å². The third-order valence-electron chi connectivity index (χ3n) is 1.58. The maximum atomic E-state index is 11.4. The molecule has 0 aromatic rings. The van der Waals surface area contributed by atoms with E-state index in [0.29, 0.717) is 0 Å². The number of rotatable bonds is 2. The number of carbonyl (C=O) groups excluding carboxylic acids is 2. The van der Waals surface area contributed by atoms with Crippen molar-refractivity contribution in [2.75, 3.05) is 14.1 Å². The van der Waals surface area contributed by atoms with E-state index in [2.05, 4.69) is 5.43 Å². The average Bonchev–Trinajstić information content (AvgIpc) is 1.98. The van der Waals surface area contributed by atoms with E-state index >= 15 is 0 Å². The highest BCUT2D eigenvalue weighted by Crippen LogP contribution is 2.21. The van der Waals surface area contributed by atoms with Crippen molar-refractivity contribution < 1.29 is 19.1 Å². The summed E-state index contributed by atoms with van der Waals surface area (Å²) in [6.45, 7) is 3.00. The van der Waals surface area contributed by atoms with E-state index < -0.39 is 17.7 Å². The average molecular weight is 214 g/mol. The van der Waals surface area contributed by atoms with Crippen molar-refractivity contribution in [2.24, 2.45) is 0 Å². The third kappa shape index (κ3) is 2.95. The highest BCUT2D eigenvalue weighted by atomic mass is 16.7. The van der Waals surface area contributed by atoms with Crippen LogP contribution in [0.5, 0.6) is 0 Å². The van der Waals surface area contributed by atoms with Gasteiger partial charge < -0.3 is 14.9 Å². The SMILES string of the molecule is CN(C)NC=C1C(=O)OC(C)(C)OC1=O. The van der Waals surface area contributed by atoms with Gasteiger partial charge in [0.25, 0.3) is 5.79 Å². The van der Waals surface area contributed by atoms with Gasteiger partial charge in [0.1, 0.15) is 0 Å². The van der Waals surface area contributed by atoms with Gasteiger partial charge in [-0.2, -0.15) is 0 Å². The van der Waals surface area contributed by atoms with Gasteiger partial charge in [-0.15, -0.1) is 0 Å². The van der Waals surface area contributed by atoms with Crippen LogP contribution in [0.25, 0.3) is 0 Å². The standard InChI is InChI=1S/C9H14N2O4/c1-9(2)14-7(12)6(8(13)15-9)5-10-11(3)4/h5,10H,1-4H3. The van der Waals surface area contributed by atoms with Crippen molar-refractivity contribution in [3.8, 4) is 0 Å². The van der Waals surface area contributed by atoms with E-state index in [1.165, 1.54) is 20.0 Å². The van der Waals surface area contributed by atoms with Gasteiger partial charge >= 0.3 is 11.9 Å². The quantitative estimate of drug-likeness (QED) is 0.296. The number of hydrogen-bond acceptors (Lipinski definition) is 6. The van der Waals surface area contributed by atoms with Crippen LogP contribution in [0.2, 0.25) is 0 Å². The van der Waals surface area contributed by atoms with Crippen LogP contribution in [0.1, 0.15) is 13.8 Å². The number of carbonyl (C=O) groups is 2. The number of hydrazine groups is 1. The molecule has 0 atom stereocenters. The second-order valence-electron chi connectivity index (χ2n) is 3.76. The van der Waals surface area contributed by atoms with E-state index in [9.17, 15) is 9.59 Å². The van der Waals surface area contributed by atoms with E-state index in [1.54, 1.807) is 19.1 Å². The summed E-state index contributed by atoms with van der Waals surface area (Å²) < 4.78 is 9.76. The van der Waals surface area contributed by atoms with Gasteiger partial charge in [0.05, 0.1) is 0 Å². The summed E-state index contributed by atoms with van der Waals surface area (Å²) in [6, 6.07) is 0. The van der Waals surface area contributed by atoms with E-state index in [0.717, 1.165) is 0 Å².